The third-order valence-electron chi connectivity index (χ3n) is 3.18. The maximum Gasteiger partial charge on any atom is 0.330 e. The predicted octanol–water partition coefficient (Wildman–Crippen LogP) is 4.21. The van der Waals surface area contributed by atoms with Gasteiger partial charge in [0.15, 0.2) is 0 Å². The van der Waals surface area contributed by atoms with Crippen molar-refractivity contribution >= 4 is 35.1 Å². The summed E-state index contributed by atoms with van der Waals surface area (Å²) in [4.78, 5) is 24.4. The predicted molar refractivity (Wildman–Crippen MR) is 97.0 cm³/mol. The number of carbonyl (C=O) groups is 2. The van der Waals surface area contributed by atoms with E-state index >= 15 is 0 Å². The Morgan fingerprint density at radius 1 is 1.25 bits per heavy atom. The number of hydrogen-bond acceptors (Lipinski definition) is 4. The van der Waals surface area contributed by atoms with Crippen LogP contribution in [-0.4, -0.2) is 18.6 Å². The van der Waals surface area contributed by atoms with Crippen LogP contribution < -0.4 is 10.6 Å². The molecule has 5 nitrogen and oxygen atoms in total. The summed E-state index contributed by atoms with van der Waals surface area (Å²) in [5, 5.41) is 7.65. The van der Waals surface area contributed by atoms with Gasteiger partial charge >= 0.3 is 12.0 Å². The zero-order valence-corrected chi connectivity index (χ0v) is 14.4. The lowest BCUT2D eigenvalue weighted by atomic mass is 10.2. The number of urea groups is 1. The van der Waals surface area contributed by atoms with E-state index in [-0.39, 0.29) is 18.0 Å². The summed E-state index contributed by atoms with van der Waals surface area (Å²) in [6.07, 6.45) is 3.04. The highest BCUT2D eigenvalue weighted by molar-refractivity contribution is 7.10. The number of nitrogens with one attached hydrogen (secondary N) is 2. The van der Waals surface area contributed by atoms with Crippen LogP contribution in [0.2, 0.25) is 0 Å². The van der Waals surface area contributed by atoms with Crippen molar-refractivity contribution in [3.8, 4) is 0 Å². The standard InChI is InChI=1S/C18H20N2O3S/c1-3-23-17(21)11-8-14-6-9-15(10-7-14)20-18(22)19-13(2)16-5-4-12-24-16/h4-13H,3H2,1-2H3,(H2,19,20,22). The molecule has 1 unspecified atom stereocenters. The lowest BCUT2D eigenvalue weighted by molar-refractivity contribution is -0.137. The first kappa shape index (κ1) is 17.7. The SMILES string of the molecule is CCOC(=O)C=Cc1ccc(NC(=O)NC(C)c2cccs2)cc1. The van der Waals surface area contributed by atoms with Crippen LogP contribution in [0, 0.1) is 0 Å². The van der Waals surface area contributed by atoms with Crippen molar-refractivity contribution in [3.63, 3.8) is 0 Å². The molecule has 2 N–H and O–H groups in total. The summed E-state index contributed by atoms with van der Waals surface area (Å²) in [5.41, 5.74) is 1.53. The van der Waals surface area contributed by atoms with E-state index in [0.717, 1.165) is 10.4 Å². The Labute approximate surface area is 145 Å². The summed E-state index contributed by atoms with van der Waals surface area (Å²) >= 11 is 1.60. The van der Waals surface area contributed by atoms with Crippen molar-refractivity contribution in [2.45, 2.75) is 19.9 Å². The molecular weight excluding hydrogens is 324 g/mol. The molecular formula is C18H20N2O3S. The first-order chi connectivity index (χ1) is 11.6. The first-order valence-electron chi connectivity index (χ1n) is 7.64. The number of anilines is 1. The van der Waals surface area contributed by atoms with Crippen LogP contribution in [0.15, 0.2) is 47.9 Å². The second-order valence-electron chi connectivity index (χ2n) is 5.04. The summed E-state index contributed by atoms with van der Waals surface area (Å²) < 4.78 is 4.82. The zero-order valence-electron chi connectivity index (χ0n) is 13.6. The minimum absolute atomic E-state index is 0.0446. The fourth-order valence-electron chi connectivity index (χ4n) is 2.00. The summed E-state index contributed by atoms with van der Waals surface area (Å²) in [7, 11) is 0. The van der Waals surface area contributed by atoms with Crippen molar-refractivity contribution < 1.29 is 14.3 Å². The molecule has 2 aromatic rings. The quantitative estimate of drug-likeness (QED) is 0.609. The Kier molecular flexibility index (Phi) is 6.57. The molecule has 0 bridgehead atoms. The topological polar surface area (TPSA) is 67.4 Å². The van der Waals surface area contributed by atoms with Gasteiger partial charge in [-0.3, -0.25) is 0 Å². The third kappa shape index (κ3) is 5.55. The number of esters is 1. The Hall–Kier alpha value is -2.60. The van der Waals surface area contributed by atoms with Gasteiger partial charge in [-0.05, 0) is 49.1 Å². The first-order valence-corrected chi connectivity index (χ1v) is 8.52. The molecule has 0 spiro atoms. The molecule has 1 atom stereocenters. The number of hydrogen-bond donors (Lipinski definition) is 2. The summed E-state index contributed by atoms with van der Waals surface area (Å²) in [6, 6.07) is 10.8. The molecule has 0 saturated carbocycles. The molecule has 0 saturated heterocycles. The Morgan fingerprint density at radius 2 is 2.00 bits per heavy atom. The fraction of sp³-hybridized carbons (Fsp3) is 0.222. The van der Waals surface area contributed by atoms with Crippen LogP contribution in [0.4, 0.5) is 10.5 Å². The smallest absolute Gasteiger partial charge is 0.330 e. The van der Waals surface area contributed by atoms with E-state index in [0.29, 0.717) is 12.3 Å². The second-order valence-corrected chi connectivity index (χ2v) is 6.02. The molecule has 24 heavy (non-hydrogen) atoms. The van der Waals surface area contributed by atoms with E-state index in [1.165, 1.54) is 6.08 Å². The molecule has 0 aliphatic heterocycles. The number of rotatable bonds is 6. The van der Waals surface area contributed by atoms with Gasteiger partial charge in [0.25, 0.3) is 0 Å². The molecule has 0 fully saturated rings. The molecule has 1 heterocycles. The summed E-state index contributed by atoms with van der Waals surface area (Å²) in [5.74, 6) is -0.373. The molecule has 0 aliphatic carbocycles. The van der Waals surface area contributed by atoms with Crippen LogP contribution in [0.1, 0.15) is 30.3 Å². The van der Waals surface area contributed by atoms with Crippen molar-refractivity contribution in [1.29, 1.82) is 0 Å². The number of thiophene rings is 1. The molecule has 1 aromatic heterocycles. The molecule has 0 radical (unpaired) electrons. The van der Waals surface area contributed by atoms with E-state index in [1.807, 2.05) is 36.6 Å². The highest BCUT2D eigenvalue weighted by Gasteiger charge is 2.10. The monoisotopic (exact) mass is 344 g/mol. The molecule has 2 amide bonds. The Balaban J connectivity index is 1.87. The number of carbonyl (C=O) groups excluding carboxylic acids is 2. The fourth-order valence-corrected chi connectivity index (χ4v) is 2.74. The second kappa shape index (κ2) is 8.88. The number of amides is 2. The van der Waals surface area contributed by atoms with Crippen LogP contribution in [0.5, 0.6) is 0 Å². The van der Waals surface area contributed by atoms with Crippen molar-refractivity contribution in [1.82, 2.24) is 5.32 Å². The van der Waals surface area contributed by atoms with Gasteiger partial charge in [0.1, 0.15) is 0 Å². The Morgan fingerprint density at radius 3 is 2.62 bits per heavy atom. The average molecular weight is 344 g/mol. The van der Waals surface area contributed by atoms with Gasteiger partial charge < -0.3 is 15.4 Å². The zero-order chi connectivity index (χ0) is 17.4. The minimum Gasteiger partial charge on any atom is -0.463 e. The lowest BCUT2D eigenvalue weighted by Crippen LogP contribution is -2.30. The molecule has 0 aliphatic rings. The lowest BCUT2D eigenvalue weighted by Gasteiger charge is -2.13. The number of ether oxygens (including phenoxy) is 1. The van der Waals surface area contributed by atoms with Crippen LogP contribution in [0.25, 0.3) is 6.08 Å². The van der Waals surface area contributed by atoms with E-state index in [2.05, 4.69) is 10.6 Å². The van der Waals surface area contributed by atoms with E-state index in [9.17, 15) is 9.59 Å². The van der Waals surface area contributed by atoms with Gasteiger partial charge in [0.2, 0.25) is 0 Å². The van der Waals surface area contributed by atoms with Crippen molar-refractivity contribution in [2.75, 3.05) is 11.9 Å². The maximum absolute atomic E-state index is 12.0. The summed E-state index contributed by atoms with van der Waals surface area (Å²) in [6.45, 7) is 4.05. The largest absolute Gasteiger partial charge is 0.463 e. The van der Waals surface area contributed by atoms with Gasteiger partial charge in [0, 0.05) is 16.6 Å². The van der Waals surface area contributed by atoms with Gasteiger partial charge in [0.05, 0.1) is 12.6 Å². The van der Waals surface area contributed by atoms with Gasteiger partial charge in [-0.15, -0.1) is 11.3 Å². The normalized spacial score (nSPS) is 11.9. The van der Waals surface area contributed by atoms with E-state index in [4.69, 9.17) is 4.74 Å². The van der Waals surface area contributed by atoms with Gasteiger partial charge in [-0.2, -0.15) is 0 Å². The van der Waals surface area contributed by atoms with Crippen molar-refractivity contribution in [2.24, 2.45) is 0 Å². The maximum atomic E-state index is 12.0. The minimum atomic E-state index is -0.373. The molecule has 6 heteroatoms. The molecule has 126 valence electrons. The number of benzene rings is 1. The van der Waals surface area contributed by atoms with E-state index in [1.54, 1.807) is 36.5 Å². The highest BCUT2D eigenvalue weighted by atomic mass is 32.1. The van der Waals surface area contributed by atoms with Gasteiger partial charge in [-0.1, -0.05) is 18.2 Å². The van der Waals surface area contributed by atoms with Crippen LogP contribution in [0.3, 0.4) is 0 Å². The Bertz CT molecular complexity index is 694. The average Bonchev–Trinajstić information content (AvgIpc) is 3.09. The van der Waals surface area contributed by atoms with E-state index < -0.39 is 0 Å². The molecule has 2 rings (SSSR count). The molecule has 1 aromatic carbocycles. The van der Waals surface area contributed by atoms with Gasteiger partial charge in [-0.25, -0.2) is 9.59 Å². The van der Waals surface area contributed by atoms with Crippen LogP contribution >= 0.6 is 11.3 Å². The third-order valence-corrected chi connectivity index (χ3v) is 4.24. The van der Waals surface area contributed by atoms with Crippen molar-refractivity contribution in [3.05, 3.63) is 58.3 Å². The van der Waals surface area contributed by atoms with Crippen LogP contribution in [-0.2, 0) is 9.53 Å². The highest BCUT2D eigenvalue weighted by Crippen LogP contribution is 2.18.